The highest BCUT2D eigenvalue weighted by atomic mass is 32.1. The molecule has 9 nitrogen and oxygen atoms in total. The van der Waals surface area contributed by atoms with Gasteiger partial charge in [0.15, 0.2) is 0 Å². The van der Waals surface area contributed by atoms with Crippen molar-refractivity contribution in [3.63, 3.8) is 0 Å². The monoisotopic (exact) mass is 522 g/mol. The van der Waals surface area contributed by atoms with Crippen LogP contribution in [0.4, 0.5) is 0 Å². The number of ether oxygens (including phenoxy) is 4. The number of carbonyl (C=O) groups excluding carboxylic acids is 2. The molecule has 0 aliphatic carbocycles. The molecule has 1 aliphatic rings. The van der Waals surface area contributed by atoms with E-state index in [1.807, 2.05) is 0 Å². The Morgan fingerprint density at radius 1 is 0.946 bits per heavy atom. The van der Waals surface area contributed by atoms with Crippen LogP contribution in [0.15, 0.2) is 58.9 Å². The summed E-state index contributed by atoms with van der Waals surface area (Å²) in [6.07, 6.45) is 1.69. The van der Waals surface area contributed by atoms with Crippen molar-refractivity contribution in [3.05, 3.63) is 84.8 Å². The van der Waals surface area contributed by atoms with Gasteiger partial charge in [-0.25, -0.2) is 9.59 Å². The first-order chi connectivity index (χ1) is 17.8. The molecule has 192 valence electrons. The molecule has 4 rings (SSSR count). The quantitative estimate of drug-likeness (QED) is 0.465. The maximum absolute atomic E-state index is 13.5. The van der Waals surface area contributed by atoms with E-state index in [9.17, 15) is 14.4 Å². The van der Waals surface area contributed by atoms with Crippen molar-refractivity contribution in [1.82, 2.24) is 4.57 Å². The predicted octanol–water partition coefficient (Wildman–Crippen LogP) is 1.57. The van der Waals surface area contributed by atoms with Gasteiger partial charge in [0.05, 0.1) is 49.5 Å². The summed E-state index contributed by atoms with van der Waals surface area (Å²) in [5, 5.41) is 0. The average Bonchev–Trinajstić information content (AvgIpc) is 3.24. The summed E-state index contributed by atoms with van der Waals surface area (Å²) in [5.74, 6) is -1.18. The first-order valence-corrected chi connectivity index (χ1v) is 12.2. The van der Waals surface area contributed by atoms with Gasteiger partial charge >= 0.3 is 11.9 Å². The number of hydrogen-bond donors (Lipinski definition) is 1. The van der Waals surface area contributed by atoms with Crippen LogP contribution in [0.2, 0.25) is 0 Å². The summed E-state index contributed by atoms with van der Waals surface area (Å²) >= 11 is 1.09. The van der Waals surface area contributed by atoms with Crippen LogP contribution in [0.5, 0.6) is 11.5 Å². The van der Waals surface area contributed by atoms with Crippen LogP contribution in [0.1, 0.15) is 24.0 Å². The van der Waals surface area contributed by atoms with Crippen molar-refractivity contribution in [1.29, 1.82) is 0 Å². The molecule has 37 heavy (non-hydrogen) atoms. The van der Waals surface area contributed by atoms with Gasteiger partial charge in [-0.15, -0.1) is 11.3 Å². The molecule has 1 aromatic heterocycles. The number of rotatable bonds is 7. The number of fused-ring (bicyclic) bond motifs is 1. The number of methoxy groups -OCH3 is 3. The summed E-state index contributed by atoms with van der Waals surface area (Å²) in [5.41, 5.74) is 7.44. The SMILES string of the molecule is CCOC(=O)C1=C(N)n2c(s/c(=C/c3ccc(OC)cc3)c2=O)=C(C(=O)OC)[C@@H]1c1ccc(OC)cc1. The van der Waals surface area contributed by atoms with Crippen molar-refractivity contribution in [2.45, 2.75) is 12.8 Å². The Morgan fingerprint density at radius 3 is 2.08 bits per heavy atom. The van der Waals surface area contributed by atoms with Crippen molar-refractivity contribution in [2.75, 3.05) is 27.9 Å². The van der Waals surface area contributed by atoms with E-state index in [2.05, 4.69) is 0 Å². The Kier molecular flexibility index (Phi) is 7.49. The molecule has 0 spiro atoms. The van der Waals surface area contributed by atoms with Gasteiger partial charge in [0.1, 0.15) is 22.0 Å². The molecule has 3 aromatic rings. The molecular weight excluding hydrogens is 496 g/mol. The fourth-order valence-electron chi connectivity index (χ4n) is 4.15. The minimum atomic E-state index is -0.927. The van der Waals surface area contributed by atoms with Gasteiger partial charge in [0.25, 0.3) is 5.56 Å². The molecule has 0 fully saturated rings. The largest absolute Gasteiger partial charge is 0.497 e. The molecule has 0 saturated carbocycles. The van der Waals surface area contributed by atoms with Gasteiger partial charge in [-0.2, -0.15) is 0 Å². The topological polar surface area (TPSA) is 119 Å². The van der Waals surface area contributed by atoms with Crippen LogP contribution < -0.4 is 30.0 Å². The van der Waals surface area contributed by atoms with E-state index in [1.54, 1.807) is 68.6 Å². The van der Waals surface area contributed by atoms with Gasteiger partial charge in [0, 0.05) is 0 Å². The number of nitrogens with zero attached hydrogens (tertiary/aromatic N) is 1. The maximum atomic E-state index is 13.5. The molecule has 2 N–H and O–H groups in total. The standard InChI is InChI=1S/C27H26N2O7S/c1-5-36-27(32)21-20(16-8-12-18(34-3)13-9-16)22(26(31)35-4)25-29(23(21)28)24(30)19(37-25)14-15-6-10-17(33-2)11-7-15/h6-14,20H,5,28H2,1-4H3/b19-14+/t20-/m1/s1. The van der Waals surface area contributed by atoms with Crippen LogP contribution in [0, 0.1) is 0 Å². The summed E-state index contributed by atoms with van der Waals surface area (Å²) in [6.45, 7) is 1.75. The van der Waals surface area contributed by atoms with E-state index < -0.39 is 23.4 Å². The third-order valence-corrected chi connectivity index (χ3v) is 7.02. The summed E-state index contributed by atoms with van der Waals surface area (Å²) in [6, 6.07) is 14.0. The number of benzene rings is 2. The third-order valence-electron chi connectivity index (χ3n) is 5.91. The first-order valence-electron chi connectivity index (χ1n) is 11.4. The number of nitrogens with two attached hydrogens (primary N) is 1. The van der Waals surface area contributed by atoms with Crippen LogP contribution >= 0.6 is 11.3 Å². The van der Waals surface area contributed by atoms with E-state index in [1.165, 1.54) is 18.8 Å². The normalized spacial score (nSPS) is 15.3. The van der Waals surface area contributed by atoms with E-state index in [0.29, 0.717) is 21.6 Å². The highest BCUT2D eigenvalue weighted by Gasteiger charge is 2.39. The zero-order chi connectivity index (χ0) is 26.7. The number of aromatic nitrogens is 1. The minimum absolute atomic E-state index is 0.0178. The van der Waals surface area contributed by atoms with E-state index >= 15 is 0 Å². The van der Waals surface area contributed by atoms with E-state index in [4.69, 9.17) is 24.7 Å². The van der Waals surface area contributed by atoms with Crippen molar-refractivity contribution < 1.29 is 28.5 Å². The molecule has 2 aromatic carbocycles. The van der Waals surface area contributed by atoms with Crippen LogP contribution in [-0.4, -0.2) is 44.4 Å². The second-order valence-corrected chi connectivity index (χ2v) is 8.99. The van der Waals surface area contributed by atoms with Gasteiger partial charge in [-0.1, -0.05) is 24.3 Å². The third kappa shape index (κ3) is 4.75. The van der Waals surface area contributed by atoms with Crippen molar-refractivity contribution in [3.8, 4) is 11.5 Å². The van der Waals surface area contributed by atoms with Crippen LogP contribution in [-0.2, 0) is 19.1 Å². The fraction of sp³-hybridized carbons (Fsp3) is 0.222. The molecule has 0 bridgehead atoms. The Bertz CT molecular complexity index is 1550. The molecule has 2 heterocycles. The molecule has 1 atom stereocenters. The zero-order valence-corrected chi connectivity index (χ0v) is 21.6. The predicted molar refractivity (Wildman–Crippen MR) is 140 cm³/mol. The van der Waals surface area contributed by atoms with Crippen LogP contribution in [0.3, 0.4) is 0 Å². The Balaban J connectivity index is 2.06. The van der Waals surface area contributed by atoms with E-state index in [0.717, 1.165) is 16.9 Å². The second-order valence-electron chi connectivity index (χ2n) is 7.96. The van der Waals surface area contributed by atoms with Gasteiger partial charge in [-0.3, -0.25) is 9.36 Å². The lowest BCUT2D eigenvalue weighted by molar-refractivity contribution is -0.138. The lowest BCUT2D eigenvalue weighted by Gasteiger charge is -2.26. The highest BCUT2D eigenvalue weighted by molar-refractivity contribution is 7.07. The Labute approximate surface area is 216 Å². The molecule has 0 amide bonds. The summed E-state index contributed by atoms with van der Waals surface area (Å²) in [4.78, 5) is 39.9. The molecule has 1 aliphatic heterocycles. The average molecular weight is 523 g/mol. The first kappa shape index (κ1) is 25.8. The number of esters is 2. The smallest absolute Gasteiger partial charge is 0.338 e. The lowest BCUT2D eigenvalue weighted by atomic mass is 9.83. The minimum Gasteiger partial charge on any atom is -0.497 e. The highest BCUT2D eigenvalue weighted by Crippen LogP contribution is 2.38. The van der Waals surface area contributed by atoms with Crippen LogP contribution in [0.25, 0.3) is 17.5 Å². The second kappa shape index (κ2) is 10.8. The number of thiazole rings is 1. The van der Waals surface area contributed by atoms with Gasteiger partial charge in [0.2, 0.25) is 0 Å². The molecule has 0 radical (unpaired) electrons. The number of hydrogen-bond acceptors (Lipinski definition) is 9. The van der Waals surface area contributed by atoms with Crippen molar-refractivity contribution in [2.24, 2.45) is 5.73 Å². The molecule has 10 heteroatoms. The van der Waals surface area contributed by atoms with Crippen molar-refractivity contribution >= 4 is 40.7 Å². The van der Waals surface area contributed by atoms with Gasteiger partial charge in [-0.05, 0) is 48.4 Å². The maximum Gasteiger partial charge on any atom is 0.338 e. The number of carbonyl (C=O) groups is 2. The lowest BCUT2D eigenvalue weighted by Crippen LogP contribution is -2.41. The Morgan fingerprint density at radius 2 is 1.54 bits per heavy atom. The van der Waals surface area contributed by atoms with Gasteiger partial charge < -0.3 is 24.7 Å². The molecule has 0 unspecified atom stereocenters. The summed E-state index contributed by atoms with van der Waals surface area (Å²) in [7, 11) is 4.35. The van der Waals surface area contributed by atoms with E-state index in [-0.39, 0.29) is 28.2 Å². The zero-order valence-electron chi connectivity index (χ0n) is 20.8. The summed E-state index contributed by atoms with van der Waals surface area (Å²) < 4.78 is 22.6. The molecule has 0 saturated heterocycles. The molecular formula is C27H26N2O7S. The fourth-order valence-corrected chi connectivity index (χ4v) is 5.31. The Hall–Kier alpha value is -4.31.